The summed E-state index contributed by atoms with van der Waals surface area (Å²) in [5.74, 6) is 0.617. The van der Waals surface area contributed by atoms with Crippen molar-refractivity contribution in [3.05, 3.63) is 22.7 Å². The summed E-state index contributed by atoms with van der Waals surface area (Å²) >= 11 is 5.91. The highest BCUT2D eigenvalue weighted by atomic mass is 35.5. The number of hydrogen-bond donors (Lipinski definition) is 2. The molecule has 4 heteroatoms. The average Bonchev–Trinajstić information content (AvgIpc) is 2.14. The number of hydrogen-bond acceptors (Lipinski definition) is 3. The lowest BCUT2D eigenvalue weighted by Gasteiger charge is -2.09. The van der Waals surface area contributed by atoms with E-state index in [1.807, 2.05) is 6.92 Å². The fraction of sp³-hybridized carbons (Fsp3) is 0.400. The lowest BCUT2D eigenvalue weighted by Crippen LogP contribution is -2.01. The minimum atomic E-state index is 0.117. The average molecular weight is 216 g/mol. The topological polar surface area (TPSA) is 55.5 Å². The molecule has 0 fully saturated rings. The first kappa shape index (κ1) is 11.1. The van der Waals surface area contributed by atoms with Crippen molar-refractivity contribution in [1.82, 2.24) is 0 Å². The molecule has 0 radical (unpaired) electrons. The molecule has 3 N–H and O–H groups in total. The van der Waals surface area contributed by atoms with Crippen molar-refractivity contribution in [3.8, 4) is 5.75 Å². The molecule has 0 unspecified atom stereocenters. The predicted molar refractivity (Wildman–Crippen MR) is 57.8 cm³/mol. The zero-order chi connectivity index (χ0) is 10.6. The van der Waals surface area contributed by atoms with Crippen molar-refractivity contribution in [2.75, 3.05) is 18.9 Å². The number of aryl methyl sites for hydroxylation is 1. The molecule has 0 bridgehead atoms. The van der Waals surface area contributed by atoms with Crippen molar-refractivity contribution >= 4 is 17.3 Å². The fourth-order valence-corrected chi connectivity index (χ4v) is 1.25. The normalized spacial score (nSPS) is 10.2. The van der Waals surface area contributed by atoms with E-state index in [1.54, 1.807) is 12.1 Å². The summed E-state index contributed by atoms with van der Waals surface area (Å²) in [5.41, 5.74) is 7.26. The van der Waals surface area contributed by atoms with Crippen LogP contribution in [0.25, 0.3) is 0 Å². The maximum absolute atomic E-state index is 8.58. The highest BCUT2D eigenvalue weighted by molar-refractivity contribution is 6.32. The second kappa shape index (κ2) is 5.08. The molecule has 1 rings (SSSR count). The molecular weight excluding hydrogens is 202 g/mol. The summed E-state index contributed by atoms with van der Waals surface area (Å²) in [5, 5.41) is 9.08. The van der Waals surface area contributed by atoms with Gasteiger partial charge in [0.25, 0.3) is 0 Å². The largest absolute Gasteiger partial charge is 0.492 e. The van der Waals surface area contributed by atoms with Gasteiger partial charge in [-0.3, -0.25) is 0 Å². The molecule has 0 saturated heterocycles. The molecule has 0 saturated carbocycles. The summed E-state index contributed by atoms with van der Waals surface area (Å²) < 4.78 is 5.37. The number of halogens is 1. The van der Waals surface area contributed by atoms with Crippen molar-refractivity contribution < 1.29 is 9.84 Å². The van der Waals surface area contributed by atoms with Crippen LogP contribution in [0.5, 0.6) is 5.75 Å². The van der Waals surface area contributed by atoms with E-state index in [4.69, 9.17) is 27.2 Å². The van der Waals surface area contributed by atoms with Gasteiger partial charge in [0.1, 0.15) is 5.75 Å². The molecule has 0 heterocycles. The minimum Gasteiger partial charge on any atom is -0.492 e. The Kier molecular flexibility index (Phi) is 4.04. The molecule has 0 aliphatic rings. The van der Waals surface area contributed by atoms with Gasteiger partial charge in [0.2, 0.25) is 0 Å². The van der Waals surface area contributed by atoms with Crippen LogP contribution in [-0.2, 0) is 0 Å². The van der Waals surface area contributed by atoms with E-state index in [2.05, 4.69) is 0 Å². The summed E-state index contributed by atoms with van der Waals surface area (Å²) in [6.07, 6.45) is 0.597. The predicted octanol–water partition coefficient (Wildman–Crippen LogP) is 1.99. The van der Waals surface area contributed by atoms with Crippen molar-refractivity contribution in [1.29, 1.82) is 0 Å². The molecule has 0 amide bonds. The zero-order valence-corrected chi connectivity index (χ0v) is 8.84. The second-order valence-electron chi connectivity index (χ2n) is 3.06. The Morgan fingerprint density at radius 1 is 1.50 bits per heavy atom. The van der Waals surface area contributed by atoms with Crippen molar-refractivity contribution in [2.45, 2.75) is 13.3 Å². The lowest BCUT2D eigenvalue weighted by atomic mass is 10.2. The third-order valence-electron chi connectivity index (χ3n) is 1.88. The minimum absolute atomic E-state index is 0.117. The Morgan fingerprint density at radius 3 is 2.86 bits per heavy atom. The van der Waals surface area contributed by atoms with Crippen LogP contribution in [-0.4, -0.2) is 18.3 Å². The smallest absolute Gasteiger partial charge is 0.138 e. The van der Waals surface area contributed by atoms with Gasteiger partial charge in [0, 0.05) is 18.7 Å². The van der Waals surface area contributed by atoms with Crippen LogP contribution < -0.4 is 10.5 Å². The Morgan fingerprint density at radius 2 is 2.21 bits per heavy atom. The van der Waals surface area contributed by atoms with Crippen LogP contribution in [0, 0.1) is 6.92 Å². The van der Waals surface area contributed by atoms with Gasteiger partial charge in [-0.2, -0.15) is 0 Å². The van der Waals surface area contributed by atoms with Gasteiger partial charge in [-0.05, 0) is 24.6 Å². The number of rotatable bonds is 4. The number of nitrogens with two attached hydrogens (primary N) is 1. The van der Waals surface area contributed by atoms with Crippen LogP contribution >= 0.6 is 11.6 Å². The molecule has 78 valence electrons. The van der Waals surface area contributed by atoms with Crippen LogP contribution in [0.1, 0.15) is 12.0 Å². The van der Waals surface area contributed by atoms with E-state index in [0.717, 1.165) is 5.56 Å². The molecule has 0 aliphatic heterocycles. The summed E-state index contributed by atoms with van der Waals surface area (Å²) in [4.78, 5) is 0. The number of anilines is 1. The molecule has 3 nitrogen and oxygen atoms in total. The summed E-state index contributed by atoms with van der Waals surface area (Å²) in [6.45, 7) is 2.47. The van der Waals surface area contributed by atoms with Gasteiger partial charge in [-0.1, -0.05) is 11.6 Å². The van der Waals surface area contributed by atoms with E-state index < -0.39 is 0 Å². The van der Waals surface area contributed by atoms with Crippen LogP contribution in [0.15, 0.2) is 12.1 Å². The van der Waals surface area contributed by atoms with Gasteiger partial charge in [-0.15, -0.1) is 0 Å². The first-order valence-corrected chi connectivity index (χ1v) is 4.82. The standard InChI is InChI=1S/C10H14ClNO2/c1-7-5-10(14-4-2-3-13)8(11)6-9(7)12/h5-6,13H,2-4,12H2,1H3. The van der Waals surface area contributed by atoms with E-state index >= 15 is 0 Å². The number of ether oxygens (including phenoxy) is 1. The lowest BCUT2D eigenvalue weighted by molar-refractivity contribution is 0.233. The van der Waals surface area contributed by atoms with E-state index in [1.165, 1.54) is 0 Å². The maximum Gasteiger partial charge on any atom is 0.138 e. The first-order chi connectivity index (χ1) is 6.65. The summed E-state index contributed by atoms with van der Waals surface area (Å²) in [7, 11) is 0. The Bertz CT molecular complexity index is 315. The van der Waals surface area contributed by atoms with Crippen molar-refractivity contribution in [2.24, 2.45) is 0 Å². The SMILES string of the molecule is Cc1cc(OCCCO)c(Cl)cc1N. The van der Waals surface area contributed by atoms with Crippen LogP contribution in [0.3, 0.4) is 0 Å². The molecule has 1 aromatic rings. The number of aliphatic hydroxyl groups excluding tert-OH is 1. The Balaban J connectivity index is 2.72. The van der Waals surface area contributed by atoms with Gasteiger partial charge >= 0.3 is 0 Å². The molecule has 0 aliphatic carbocycles. The molecule has 1 aromatic carbocycles. The third-order valence-corrected chi connectivity index (χ3v) is 2.18. The summed E-state index contributed by atoms with van der Waals surface area (Å²) in [6, 6.07) is 3.47. The number of nitrogen functional groups attached to an aromatic ring is 1. The third kappa shape index (κ3) is 2.79. The molecule has 0 spiro atoms. The first-order valence-electron chi connectivity index (χ1n) is 4.44. The maximum atomic E-state index is 8.58. The molecule has 0 atom stereocenters. The Labute approximate surface area is 88.4 Å². The highest BCUT2D eigenvalue weighted by Crippen LogP contribution is 2.29. The molecule has 14 heavy (non-hydrogen) atoms. The number of aliphatic hydroxyl groups is 1. The monoisotopic (exact) mass is 215 g/mol. The Hall–Kier alpha value is -0.930. The number of benzene rings is 1. The van der Waals surface area contributed by atoms with Gasteiger partial charge in [-0.25, -0.2) is 0 Å². The van der Waals surface area contributed by atoms with E-state index in [9.17, 15) is 0 Å². The van der Waals surface area contributed by atoms with Gasteiger partial charge < -0.3 is 15.6 Å². The van der Waals surface area contributed by atoms with E-state index in [-0.39, 0.29) is 6.61 Å². The highest BCUT2D eigenvalue weighted by Gasteiger charge is 2.04. The van der Waals surface area contributed by atoms with Crippen LogP contribution in [0.2, 0.25) is 5.02 Å². The quantitative estimate of drug-likeness (QED) is 0.597. The molecular formula is C10H14ClNO2. The van der Waals surface area contributed by atoms with Crippen LogP contribution in [0.4, 0.5) is 5.69 Å². The van der Waals surface area contributed by atoms with Gasteiger partial charge in [0.15, 0.2) is 0 Å². The zero-order valence-electron chi connectivity index (χ0n) is 8.09. The molecule has 0 aromatic heterocycles. The second-order valence-corrected chi connectivity index (χ2v) is 3.47. The fourth-order valence-electron chi connectivity index (χ4n) is 1.03. The van der Waals surface area contributed by atoms with E-state index in [0.29, 0.717) is 29.5 Å². The van der Waals surface area contributed by atoms with Crippen molar-refractivity contribution in [3.63, 3.8) is 0 Å². The van der Waals surface area contributed by atoms with Gasteiger partial charge in [0.05, 0.1) is 11.6 Å².